The Hall–Kier alpha value is -4.60. The molecule has 3 N–H and O–H groups in total. The Morgan fingerprint density at radius 3 is 1.53 bits per heavy atom. The van der Waals surface area contributed by atoms with E-state index in [9.17, 15) is 21.6 Å². The van der Waals surface area contributed by atoms with Gasteiger partial charge in [-0.3, -0.25) is 14.2 Å². The van der Waals surface area contributed by atoms with Gasteiger partial charge in [-0.25, -0.2) is 22.0 Å². The standard InChI is InChI=1S/C23H32N4O3S.C13H13NO.C9H18N4O2S/c1-23(2,15-26(3)4)27-13-18(12-24-27)31(29,30)14-21(28)25-22-19-9-5-7-16(19)11-17-8-6-10-20(17)22;14-8-15-13-11-5-1-3-9(11)7-10-4-2-6-12(10)13;1-9(2,7-12(3)4)13-6-8(5-11-13)16(10,14)15/h11-13H,5-10,14-15H2,1-4H3,(H,25,28);7H,1-6H2;5-6H,7H2,1-4H3,(H2,10,14,15). The number of hydrogen-bond acceptors (Lipinski definition) is 11. The zero-order chi connectivity index (χ0) is 45.2. The fraction of sp³-hybridized carbons (Fsp3) is 0.556. The van der Waals surface area contributed by atoms with Gasteiger partial charge >= 0.3 is 0 Å². The van der Waals surface area contributed by atoms with Gasteiger partial charge in [0.15, 0.2) is 9.84 Å². The highest BCUT2D eigenvalue weighted by molar-refractivity contribution is 7.92. The maximum atomic E-state index is 12.9. The number of anilines is 1. The molecule has 0 fully saturated rings. The predicted octanol–water partition coefficient (Wildman–Crippen LogP) is 4.92. The number of nitrogens with zero attached hydrogens (tertiary/aromatic N) is 7. The number of carbonyl (C=O) groups excluding carboxylic acids is 1. The van der Waals surface area contributed by atoms with Gasteiger partial charge in [0, 0.05) is 31.2 Å². The third-order valence-corrected chi connectivity index (χ3v) is 14.5. The van der Waals surface area contributed by atoms with Crippen molar-refractivity contribution in [3.05, 3.63) is 81.4 Å². The highest BCUT2D eigenvalue weighted by atomic mass is 32.2. The van der Waals surface area contributed by atoms with Crippen LogP contribution in [0.5, 0.6) is 5.75 Å². The Bertz CT molecular complexity index is 2500. The smallest absolute Gasteiger partial charge is 0.292 e. The largest absolute Gasteiger partial charge is 0.387 e. The number of aryl methyl sites for hydroxylation is 4. The highest BCUT2D eigenvalue weighted by Crippen LogP contribution is 2.41. The van der Waals surface area contributed by atoms with Gasteiger partial charge in [0.05, 0.1) is 23.5 Å². The van der Waals surface area contributed by atoms with Crippen molar-refractivity contribution < 1.29 is 26.4 Å². The number of ether oxygens (including phenoxy) is 1. The van der Waals surface area contributed by atoms with Gasteiger partial charge in [-0.2, -0.15) is 10.2 Å². The molecule has 62 heavy (non-hydrogen) atoms. The molecule has 1 amide bonds. The number of fused-ring (bicyclic) bond motifs is 4. The number of sulfone groups is 1. The van der Waals surface area contributed by atoms with Crippen LogP contribution >= 0.6 is 0 Å². The third-order valence-electron chi connectivity index (χ3n) is 12.1. The molecule has 0 aliphatic heterocycles. The van der Waals surface area contributed by atoms with Gasteiger partial charge < -0.3 is 19.9 Å². The van der Waals surface area contributed by atoms with Crippen molar-refractivity contribution in [1.29, 1.82) is 5.26 Å². The van der Waals surface area contributed by atoms with Crippen LogP contribution in [0.15, 0.2) is 46.7 Å². The first kappa shape index (κ1) is 46.9. The summed E-state index contributed by atoms with van der Waals surface area (Å²) in [7, 11) is 0.373. The number of carbonyl (C=O) groups is 1. The molecule has 4 aromatic rings. The molecule has 17 heteroatoms. The summed E-state index contributed by atoms with van der Waals surface area (Å²) in [6.07, 6.45) is 20.5. The van der Waals surface area contributed by atoms with Crippen molar-refractivity contribution in [2.24, 2.45) is 5.14 Å². The molecule has 4 aliphatic rings. The lowest BCUT2D eigenvalue weighted by Crippen LogP contribution is -2.38. The van der Waals surface area contributed by atoms with E-state index in [0.29, 0.717) is 6.54 Å². The summed E-state index contributed by atoms with van der Waals surface area (Å²) in [6.45, 7) is 9.41. The molecule has 0 saturated heterocycles. The zero-order valence-electron chi connectivity index (χ0n) is 37.5. The number of nitrogens with two attached hydrogens (primary N) is 1. The molecule has 2 aromatic carbocycles. The Balaban J connectivity index is 0.000000173. The molecule has 4 aliphatic carbocycles. The number of rotatable bonds is 12. The van der Waals surface area contributed by atoms with Crippen LogP contribution in [0.2, 0.25) is 0 Å². The van der Waals surface area contributed by atoms with Gasteiger partial charge in [0.1, 0.15) is 21.3 Å². The molecule has 15 nitrogen and oxygen atoms in total. The van der Waals surface area contributed by atoms with E-state index >= 15 is 0 Å². The van der Waals surface area contributed by atoms with Crippen LogP contribution in [-0.4, -0.2) is 99.1 Å². The molecule has 0 spiro atoms. The van der Waals surface area contributed by atoms with Crippen LogP contribution in [-0.2, 0) is 87.1 Å². The van der Waals surface area contributed by atoms with Crippen LogP contribution in [0, 0.1) is 11.5 Å². The van der Waals surface area contributed by atoms with Crippen LogP contribution in [0.3, 0.4) is 0 Å². The quantitative estimate of drug-likeness (QED) is 0.183. The molecule has 0 saturated carbocycles. The van der Waals surface area contributed by atoms with Gasteiger partial charge in [-0.15, -0.1) is 5.26 Å². The highest BCUT2D eigenvalue weighted by Gasteiger charge is 2.30. The number of nitriles is 1. The summed E-state index contributed by atoms with van der Waals surface area (Å²) >= 11 is 0. The van der Waals surface area contributed by atoms with Crippen molar-refractivity contribution in [2.45, 2.75) is 126 Å². The topological polar surface area (TPSA) is 199 Å². The van der Waals surface area contributed by atoms with E-state index in [0.717, 1.165) is 82.2 Å². The summed E-state index contributed by atoms with van der Waals surface area (Å²) in [6, 6.07) is 4.63. The van der Waals surface area contributed by atoms with Crippen molar-refractivity contribution in [3.63, 3.8) is 0 Å². The molecule has 2 aromatic heterocycles. The second-order valence-electron chi connectivity index (χ2n) is 18.8. The SMILES string of the molecule is CN(C)CC(C)(C)n1cc(S(=O)(=O)CC(=O)Nc2c3c(cc4c2CCC4)CCC3)cn1.CN(C)CC(C)(C)n1cc(S(N)(=O)=O)cn1.N#COc1c2c(cc3c1CCC3)CCC2. The summed E-state index contributed by atoms with van der Waals surface area (Å²) in [5.74, 6) is -0.152. The Morgan fingerprint density at radius 2 is 1.13 bits per heavy atom. The number of likely N-dealkylation sites (N-methyl/N-ethyl adjacent to an activating group) is 2. The van der Waals surface area contributed by atoms with Crippen molar-refractivity contribution in [3.8, 4) is 12.0 Å². The van der Waals surface area contributed by atoms with E-state index in [1.54, 1.807) is 9.36 Å². The van der Waals surface area contributed by atoms with Crippen molar-refractivity contribution >= 4 is 31.5 Å². The van der Waals surface area contributed by atoms with E-state index in [1.165, 1.54) is 82.1 Å². The lowest BCUT2D eigenvalue weighted by Gasteiger charge is -2.28. The van der Waals surface area contributed by atoms with E-state index in [1.807, 2.05) is 71.9 Å². The molecule has 0 atom stereocenters. The van der Waals surface area contributed by atoms with Crippen LogP contribution in [0.4, 0.5) is 5.69 Å². The summed E-state index contributed by atoms with van der Waals surface area (Å²) in [4.78, 5) is 17.0. The van der Waals surface area contributed by atoms with Crippen LogP contribution in [0.25, 0.3) is 0 Å². The molecular formula is C45H63N9O6S2. The minimum Gasteiger partial charge on any atom is -0.387 e. The van der Waals surface area contributed by atoms with Crippen LogP contribution < -0.4 is 15.2 Å². The number of primary sulfonamides is 1. The van der Waals surface area contributed by atoms with Crippen molar-refractivity contribution in [1.82, 2.24) is 29.4 Å². The summed E-state index contributed by atoms with van der Waals surface area (Å²) < 4.78 is 56.6. The third kappa shape index (κ3) is 10.8. The number of aromatic nitrogens is 4. The number of nitrogens with one attached hydrogen (secondary N) is 1. The van der Waals surface area contributed by atoms with E-state index in [2.05, 4.69) is 27.6 Å². The van der Waals surface area contributed by atoms with Gasteiger partial charge in [-0.1, -0.05) is 12.1 Å². The van der Waals surface area contributed by atoms with Crippen molar-refractivity contribution in [2.75, 3.05) is 52.3 Å². The zero-order valence-corrected chi connectivity index (χ0v) is 39.2. The molecule has 0 bridgehead atoms. The van der Waals surface area contributed by atoms with Crippen LogP contribution in [0.1, 0.15) is 97.9 Å². The second kappa shape index (κ2) is 18.6. The number of amides is 1. The first-order chi connectivity index (χ1) is 29.1. The molecule has 8 rings (SSSR count). The maximum absolute atomic E-state index is 12.9. The van der Waals surface area contributed by atoms with E-state index in [-0.39, 0.29) is 20.9 Å². The molecular weight excluding hydrogens is 827 g/mol. The van der Waals surface area contributed by atoms with E-state index < -0.39 is 31.5 Å². The predicted molar refractivity (Wildman–Crippen MR) is 239 cm³/mol. The summed E-state index contributed by atoms with van der Waals surface area (Å²) in [5.41, 5.74) is 10.7. The molecule has 0 unspecified atom stereocenters. The van der Waals surface area contributed by atoms with Gasteiger partial charge in [0.2, 0.25) is 15.9 Å². The average Bonchev–Trinajstić information content (AvgIpc) is 4.02. The number of benzene rings is 2. The lowest BCUT2D eigenvalue weighted by molar-refractivity contribution is -0.113. The van der Waals surface area contributed by atoms with Gasteiger partial charge in [0.25, 0.3) is 6.26 Å². The average molecular weight is 890 g/mol. The Kier molecular flexibility index (Phi) is 14.1. The molecule has 336 valence electrons. The van der Waals surface area contributed by atoms with E-state index in [4.69, 9.17) is 15.1 Å². The first-order valence-electron chi connectivity index (χ1n) is 21.4. The number of hydrogen-bond donors (Lipinski definition) is 2. The summed E-state index contributed by atoms with van der Waals surface area (Å²) in [5, 5.41) is 25.0. The second-order valence-corrected chi connectivity index (χ2v) is 22.4. The first-order valence-corrected chi connectivity index (χ1v) is 24.6. The minimum atomic E-state index is -3.78. The maximum Gasteiger partial charge on any atom is 0.292 e. The molecule has 2 heterocycles. The normalized spacial score (nSPS) is 15.5. The lowest BCUT2D eigenvalue weighted by atomic mass is 9.98. The molecule has 0 radical (unpaired) electrons. The Labute approximate surface area is 367 Å². The Morgan fingerprint density at radius 1 is 0.726 bits per heavy atom. The fourth-order valence-corrected chi connectivity index (χ4v) is 11.1. The van der Waals surface area contributed by atoms with Gasteiger partial charge in [-0.05, 0) is 177 Å². The fourth-order valence-electron chi connectivity index (χ4n) is 9.61. The number of sulfonamides is 1. The minimum absolute atomic E-state index is 0.0410. The monoisotopic (exact) mass is 889 g/mol.